The first kappa shape index (κ1) is 15.2. The van der Waals surface area contributed by atoms with Gasteiger partial charge in [-0.2, -0.15) is 0 Å². The molecule has 2 rings (SSSR count). The molecule has 0 aliphatic carbocycles. The quantitative estimate of drug-likeness (QED) is 0.755. The molecule has 2 N–H and O–H groups in total. The monoisotopic (exact) mass is 285 g/mol. The molecule has 0 aromatic carbocycles. The topological polar surface area (TPSA) is 71.2 Å². The molecule has 5 heteroatoms. The maximum atomic E-state index is 8.83. The van der Waals surface area contributed by atoms with Crippen LogP contribution in [0.4, 0.5) is 0 Å². The first-order chi connectivity index (χ1) is 10.4. The number of allylic oxidation sites excluding steroid dienone is 2. The molecule has 2 heterocycles. The minimum Gasteiger partial charge on any atom is -0.392 e. The summed E-state index contributed by atoms with van der Waals surface area (Å²) in [6.45, 7) is 0.0727. The molecule has 0 aliphatic heterocycles. The van der Waals surface area contributed by atoms with Crippen LogP contribution < -0.4 is 0 Å². The number of aliphatic hydroxyl groups excluding tert-OH is 2. The summed E-state index contributed by atoms with van der Waals surface area (Å²) in [6.07, 6.45) is 12.1. The van der Waals surface area contributed by atoms with Crippen LogP contribution >= 0.6 is 0 Å². The molecule has 0 unspecified atom stereocenters. The van der Waals surface area contributed by atoms with E-state index < -0.39 is 0 Å². The van der Waals surface area contributed by atoms with Gasteiger partial charge < -0.3 is 10.2 Å². The highest BCUT2D eigenvalue weighted by Gasteiger charge is 2.10. The van der Waals surface area contributed by atoms with E-state index in [2.05, 4.69) is 9.97 Å². The summed E-state index contributed by atoms with van der Waals surface area (Å²) in [4.78, 5) is 8.61. The SMILES string of the molecule is OC/C=C/Cc1ccc(C/C=C/CO)n1-c1ncccn1. The molecule has 0 amide bonds. The van der Waals surface area contributed by atoms with Crippen LogP contribution in [0.5, 0.6) is 0 Å². The lowest BCUT2D eigenvalue weighted by Crippen LogP contribution is -2.07. The van der Waals surface area contributed by atoms with E-state index in [1.807, 2.05) is 28.9 Å². The zero-order chi connectivity index (χ0) is 14.9. The van der Waals surface area contributed by atoms with Gasteiger partial charge in [0.25, 0.3) is 0 Å². The second-order valence-corrected chi connectivity index (χ2v) is 4.42. The van der Waals surface area contributed by atoms with Crippen LogP contribution in [0.25, 0.3) is 5.95 Å². The third-order valence-corrected chi connectivity index (χ3v) is 2.99. The Morgan fingerprint density at radius 2 is 1.38 bits per heavy atom. The van der Waals surface area contributed by atoms with E-state index in [1.165, 1.54) is 0 Å². The fourth-order valence-corrected chi connectivity index (χ4v) is 2.07. The summed E-state index contributed by atoms with van der Waals surface area (Å²) in [7, 11) is 0. The van der Waals surface area contributed by atoms with E-state index in [4.69, 9.17) is 10.2 Å². The summed E-state index contributed by atoms with van der Waals surface area (Å²) >= 11 is 0. The maximum absolute atomic E-state index is 8.83. The van der Waals surface area contributed by atoms with Crippen LogP contribution in [0.1, 0.15) is 11.4 Å². The van der Waals surface area contributed by atoms with Gasteiger partial charge in [-0.1, -0.05) is 24.3 Å². The van der Waals surface area contributed by atoms with Crippen molar-refractivity contribution in [2.75, 3.05) is 13.2 Å². The minimum absolute atomic E-state index is 0.0363. The van der Waals surface area contributed by atoms with Crippen LogP contribution in [-0.2, 0) is 12.8 Å². The second kappa shape index (κ2) is 8.14. The first-order valence-electron chi connectivity index (χ1n) is 6.85. The van der Waals surface area contributed by atoms with Crippen LogP contribution in [0.15, 0.2) is 54.9 Å². The van der Waals surface area contributed by atoms with Crippen LogP contribution in [0, 0.1) is 0 Å². The maximum Gasteiger partial charge on any atom is 0.234 e. The van der Waals surface area contributed by atoms with Crippen molar-refractivity contribution in [3.8, 4) is 5.95 Å². The van der Waals surface area contributed by atoms with Crippen molar-refractivity contribution in [3.63, 3.8) is 0 Å². The van der Waals surface area contributed by atoms with E-state index >= 15 is 0 Å². The zero-order valence-electron chi connectivity index (χ0n) is 11.8. The molecule has 2 aromatic rings. The Morgan fingerprint density at radius 3 is 1.86 bits per heavy atom. The van der Waals surface area contributed by atoms with Crippen molar-refractivity contribution in [3.05, 3.63) is 66.3 Å². The third-order valence-electron chi connectivity index (χ3n) is 2.99. The summed E-state index contributed by atoms with van der Waals surface area (Å²) in [5.41, 5.74) is 2.11. The van der Waals surface area contributed by atoms with Gasteiger partial charge in [0.15, 0.2) is 0 Å². The van der Waals surface area contributed by atoms with E-state index in [0.717, 1.165) is 11.4 Å². The molecular weight excluding hydrogens is 266 g/mol. The number of aliphatic hydroxyl groups is 2. The predicted octanol–water partition coefficient (Wildman–Crippen LogP) is 1.45. The average molecular weight is 285 g/mol. The molecule has 0 saturated carbocycles. The molecule has 110 valence electrons. The van der Waals surface area contributed by atoms with Gasteiger partial charge in [-0.25, -0.2) is 9.97 Å². The van der Waals surface area contributed by atoms with Crippen molar-refractivity contribution in [1.29, 1.82) is 0 Å². The largest absolute Gasteiger partial charge is 0.392 e. The van der Waals surface area contributed by atoms with E-state index in [1.54, 1.807) is 30.6 Å². The average Bonchev–Trinajstić information content (AvgIpc) is 2.92. The molecule has 0 saturated heterocycles. The standard InChI is InChI=1S/C16H19N3O2/c20-12-3-1-6-14-8-9-15(7-2-4-13-21)19(14)16-17-10-5-11-18-16/h1-5,8-11,20-21H,6-7,12-13H2/b3-1+,4-2+. The Balaban J connectivity index is 2.33. The fourth-order valence-electron chi connectivity index (χ4n) is 2.07. The highest BCUT2D eigenvalue weighted by molar-refractivity contribution is 5.29. The van der Waals surface area contributed by atoms with Crippen molar-refractivity contribution >= 4 is 0 Å². The lowest BCUT2D eigenvalue weighted by molar-refractivity contribution is 0.342. The smallest absolute Gasteiger partial charge is 0.234 e. The molecular formula is C16H19N3O2. The highest BCUT2D eigenvalue weighted by atomic mass is 16.3. The lowest BCUT2D eigenvalue weighted by atomic mass is 10.3. The molecule has 0 atom stereocenters. The first-order valence-corrected chi connectivity index (χ1v) is 6.85. The van der Waals surface area contributed by atoms with Gasteiger partial charge in [-0.05, 0) is 18.2 Å². The number of rotatable bonds is 7. The Labute approximate surface area is 123 Å². The summed E-state index contributed by atoms with van der Waals surface area (Å²) < 4.78 is 2.00. The molecule has 5 nitrogen and oxygen atoms in total. The zero-order valence-corrected chi connectivity index (χ0v) is 11.8. The fraction of sp³-hybridized carbons (Fsp3) is 0.250. The Bertz CT molecular complexity index is 570. The molecule has 0 spiro atoms. The Kier molecular flexibility index (Phi) is 5.87. The van der Waals surface area contributed by atoms with Crippen LogP contribution in [0.2, 0.25) is 0 Å². The molecule has 21 heavy (non-hydrogen) atoms. The normalized spacial score (nSPS) is 11.7. The molecule has 0 aliphatic rings. The van der Waals surface area contributed by atoms with E-state index in [9.17, 15) is 0 Å². The minimum atomic E-state index is 0.0363. The van der Waals surface area contributed by atoms with Gasteiger partial charge in [0.2, 0.25) is 5.95 Å². The molecule has 0 radical (unpaired) electrons. The van der Waals surface area contributed by atoms with Crippen molar-refractivity contribution in [2.24, 2.45) is 0 Å². The number of aromatic nitrogens is 3. The van der Waals surface area contributed by atoms with Gasteiger partial charge >= 0.3 is 0 Å². The van der Waals surface area contributed by atoms with Crippen molar-refractivity contribution < 1.29 is 10.2 Å². The molecule has 2 aromatic heterocycles. The Morgan fingerprint density at radius 1 is 0.857 bits per heavy atom. The Hall–Kier alpha value is -2.24. The van der Waals surface area contributed by atoms with Gasteiger partial charge in [0.1, 0.15) is 0 Å². The number of nitrogens with zero attached hydrogens (tertiary/aromatic N) is 3. The summed E-state index contributed by atoms with van der Waals surface area (Å²) in [6, 6.07) is 5.84. The second-order valence-electron chi connectivity index (χ2n) is 4.42. The third kappa shape index (κ3) is 4.11. The van der Waals surface area contributed by atoms with Gasteiger partial charge in [0.05, 0.1) is 13.2 Å². The van der Waals surface area contributed by atoms with Crippen LogP contribution in [0.3, 0.4) is 0 Å². The van der Waals surface area contributed by atoms with Gasteiger partial charge in [-0.15, -0.1) is 0 Å². The predicted molar refractivity (Wildman–Crippen MR) is 81.2 cm³/mol. The highest BCUT2D eigenvalue weighted by Crippen LogP contribution is 2.16. The van der Waals surface area contributed by atoms with Gasteiger partial charge in [0, 0.05) is 36.6 Å². The number of hydrogen-bond acceptors (Lipinski definition) is 4. The summed E-state index contributed by atoms with van der Waals surface area (Å²) in [5, 5.41) is 17.7. The van der Waals surface area contributed by atoms with Crippen molar-refractivity contribution in [1.82, 2.24) is 14.5 Å². The summed E-state index contributed by atoms with van der Waals surface area (Å²) in [5.74, 6) is 0.627. The molecule has 0 bridgehead atoms. The van der Waals surface area contributed by atoms with Crippen molar-refractivity contribution in [2.45, 2.75) is 12.8 Å². The lowest BCUT2D eigenvalue weighted by Gasteiger charge is -2.09. The van der Waals surface area contributed by atoms with Gasteiger partial charge in [-0.3, -0.25) is 4.57 Å². The van der Waals surface area contributed by atoms with E-state index in [-0.39, 0.29) is 13.2 Å². The van der Waals surface area contributed by atoms with E-state index in [0.29, 0.717) is 18.8 Å². The van der Waals surface area contributed by atoms with Crippen LogP contribution in [-0.4, -0.2) is 38.0 Å². The number of hydrogen-bond donors (Lipinski definition) is 2. The molecule has 0 fully saturated rings.